The van der Waals surface area contributed by atoms with E-state index in [2.05, 4.69) is 4.98 Å². The Morgan fingerprint density at radius 2 is 2.16 bits per heavy atom. The number of pyridine rings is 2. The first-order valence-electron chi connectivity index (χ1n) is 5.23. The highest BCUT2D eigenvalue weighted by Crippen LogP contribution is 2.16. The Hall–Kier alpha value is -2.41. The number of halogens is 1. The van der Waals surface area contributed by atoms with Crippen LogP contribution in [0.5, 0.6) is 0 Å². The van der Waals surface area contributed by atoms with Gasteiger partial charge < -0.3 is 10.3 Å². The van der Waals surface area contributed by atoms with E-state index in [-0.39, 0.29) is 6.54 Å². The molecule has 0 saturated carbocycles. The average Bonchev–Trinajstić information content (AvgIpc) is 2.36. The minimum atomic E-state index is -0.729. The maximum Gasteiger partial charge on any atom is 0.332 e. The maximum atomic E-state index is 11.3. The highest BCUT2D eigenvalue weighted by atomic mass is 35.5. The van der Waals surface area contributed by atoms with E-state index in [1.165, 1.54) is 10.8 Å². The summed E-state index contributed by atoms with van der Waals surface area (Å²) < 4.78 is 1.45. The summed E-state index contributed by atoms with van der Waals surface area (Å²) >= 11 is 5.95. The number of anilines is 1. The molecule has 2 rings (SSSR count). The lowest BCUT2D eigenvalue weighted by atomic mass is 10.3. The lowest BCUT2D eigenvalue weighted by Crippen LogP contribution is -2.12. The first kappa shape index (κ1) is 13.0. The van der Waals surface area contributed by atoms with E-state index < -0.39 is 16.0 Å². The third kappa shape index (κ3) is 2.89. The Morgan fingerprint density at radius 1 is 1.42 bits per heavy atom. The summed E-state index contributed by atoms with van der Waals surface area (Å²) in [7, 11) is 0. The van der Waals surface area contributed by atoms with Gasteiger partial charge in [-0.05, 0) is 12.1 Å². The molecule has 19 heavy (non-hydrogen) atoms. The van der Waals surface area contributed by atoms with Crippen LogP contribution in [0.4, 0.5) is 11.5 Å². The van der Waals surface area contributed by atoms with Crippen LogP contribution in [0.25, 0.3) is 0 Å². The molecule has 0 bridgehead atoms. The van der Waals surface area contributed by atoms with Crippen molar-refractivity contribution in [2.75, 3.05) is 5.73 Å². The molecule has 8 heteroatoms. The van der Waals surface area contributed by atoms with Gasteiger partial charge in [-0.2, -0.15) is 0 Å². The quantitative estimate of drug-likeness (QED) is 0.676. The van der Waals surface area contributed by atoms with Crippen LogP contribution in [0.3, 0.4) is 0 Å². The second-order valence-corrected chi connectivity index (χ2v) is 4.20. The topological polar surface area (TPSA) is 104 Å². The number of nitro groups is 1. The van der Waals surface area contributed by atoms with E-state index in [4.69, 9.17) is 17.3 Å². The van der Waals surface area contributed by atoms with Crippen molar-refractivity contribution in [1.82, 2.24) is 9.55 Å². The fraction of sp³-hybridized carbons (Fsp3) is 0.0909. The molecule has 0 radical (unpaired) electrons. The summed E-state index contributed by atoms with van der Waals surface area (Å²) in [6.45, 7) is 0.186. The first-order valence-corrected chi connectivity index (χ1v) is 5.60. The molecule has 7 nitrogen and oxygen atoms in total. The van der Waals surface area contributed by atoms with E-state index in [9.17, 15) is 14.9 Å². The summed E-state index contributed by atoms with van der Waals surface area (Å²) in [5.74, 6) is 0.301. The van der Waals surface area contributed by atoms with Crippen LogP contribution in [0, 0.1) is 10.1 Å². The van der Waals surface area contributed by atoms with E-state index >= 15 is 0 Å². The lowest BCUT2D eigenvalue weighted by molar-refractivity contribution is -0.386. The van der Waals surface area contributed by atoms with Crippen LogP contribution in [0.2, 0.25) is 5.02 Å². The van der Waals surface area contributed by atoms with Crippen LogP contribution in [-0.4, -0.2) is 14.5 Å². The summed E-state index contributed by atoms with van der Waals surface area (Å²) in [6, 6.07) is 4.27. The molecule has 0 aromatic carbocycles. The average molecular weight is 281 g/mol. The molecule has 0 spiro atoms. The molecule has 0 fully saturated rings. The standard InChI is InChI=1S/C11H9ClN4O3/c12-7-1-2-11(13)14-8(7)5-15-4-3-10(17)9(6-15)16(18)19/h1-4,6H,5H2,(H2,13,14). The minimum absolute atomic E-state index is 0.186. The Balaban J connectivity index is 2.39. The zero-order valence-electron chi connectivity index (χ0n) is 9.62. The molecule has 2 heterocycles. The molecule has 0 saturated heterocycles. The predicted molar refractivity (Wildman–Crippen MR) is 70.1 cm³/mol. The lowest BCUT2D eigenvalue weighted by Gasteiger charge is -2.07. The summed E-state index contributed by atoms with van der Waals surface area (Å²) in [4.78, 5) is 25.3. The van der Waals surface area contributed by atoms with Crippen molar-refractivity contribution in [3.05, 3.63) is 61.6 Å². The monoisotopic (exact) mass is 280 g/mol. The molecule has 98 valence electrons. The first-order chi connectivity index (χ1) is 8.97. The van der Waals surface area contributed by atoms with Gasteiger partial charge in [-0.25, -0.2) is 4.98 Å². The largest absolute Gasteiger partial charge is 0.384 e. The molecule has 2 aromatic rings. The van der Waals surface area contributed by atoms with Gasteiger partial charge in [0.25, 0.3) is 5.43 Å². The second-order valence-electron chi connectivity index (χ2n) is 3.79. The number of hydrogen-bond acceptors (Lipinski definition) is 5. The molecule has 0 atom stereocenters. The molecule has 2 aromatic heterocycles. The molecular formula is C11H9ClN4O3. The number of hydrogen-bond donors (Lipinski definition) is 1. The van der Waals surface area contributed by atoms with Crippen molar-refractivity contribution in [2.45, 2.75) is 6.54 Å². The number of rotatable bonds is 3. The van der Waals surface area contributed by atoms with Gasteiger partial charge in [-0.3, -0.25) is 14.9 Å². The van der Waals surface area contributed by atoms with Crippen LogP contribution >= 0.6 is 11.6 Å². The van der Waals surface area contributed by atoms with Gasteiger partial charge in [0, 0.05) is 12.3 Å². The van der Waals surface area contributed by atoms with Crippen molar-refractivity contribution < 1.29 is 4.92 Å². The summed E-state index contributed by atoms with van der Waals surface area (Å²) in [5, 5.41) is 11.1. The van der Waals surface area contributed by atoms with Gasteiger partial charge in [0.2, 0.25) is 0 Å². The minimum Gasteiger partial charge on any atom is -0.384 e. The maximum absolute atomic E-state index is 11.3. The van der Waals surface area contributed by atoms with Gasteiger partial charge in [0.05, 0.1) is 28.4 Å². The van der Waals surface area contributed by atoms with Crippen LogP contribution in [-0.2, 0) is 6.54 Å². The van der Waals surface area contributed by atoms with E-state index in [0.717, 1.165) is 12.3 Å². The predicted octanol–water partition coefficient (Wildman–Crippen LogP) is 1.44. The van der Waals surface area contributed by atoms with Gasteiger partial charge in [-0.1, -0.05) is 11.6 Å². The zero-order chi connectivity index (χ0) is 14.0. The van der Waals surface area contributed by atoms with E-state index in [1.54, 1.807) is 12.1 Å². The number of nitrogens with zero attached hydrogens (tertiary/aromatic N) is 3. The normalized spacial score (nSPS) is 10.4. The van der Waals surface area contributed by atoms with Crippen molar-refractivity contribution in [1.29, 1.82) is 0 Å². The fourth-order valence-corrected chi connectivity index (χ4v) is 1.70. The van der Waals surface area contributed by atoms with E-state index in [1.807, 2.05) is 0 Å². The smallest absolute Gasteiger partial charge is 0.332 e. The van der Waals surface area contributed by atoms with E-state index in [0.29, 0.717) is 16.5 Å². The fourth-order valence-electron chi connectivity index (χ4n) is 1.53. The number of nitrogen functional groups attached to an aromatic ring is 1. The van der Waals surface area contributed by atoms with Crippen molar-refractivity contribution in [3.63, 3.8) is 0 Å². The molecule has 0 aliphatic rings. The number of nitrogens with two attached hydrogens (primary N) is 1. The highest BCUT2D eigenvalue weighted by molar-refractivity contribution is 6.31. The SMILES string of the molecule is Nc1ccc(Cl)c(Cn2ccc(=O)c([N+](=O)[O-])c2)n1. The van der Waals surface area contributed by atoms with Crippen LogP contribution < -0.4 is 11.2 Å². The molecule has 0 amide bonds. The Bertz CT molecular complexity index is 699. The Morgan fingerprint density at radius 3 is 2.84 bits per heavy atom. The van der Waals surface area contributed by atoms with Crippen molar-refractivity contribution >= 4 is 23.1 Å². The summed E-state index contributed by atoms with van der Waals surface area (Å²) in [5.41, 5.74) is 4.87. The Kier molecular flexibility index (Phi) is 3.48. The van der Waals surface area contributed by atoms with Crippen molar-refractivity contribution in [3.8, 4) is 0 Å². The molecule has 0 aliphatic carbocycles. The third-order valence-electron chi connectivity index (χ3n) is 2.43. The highest BCUT2D eigenvalue weighted by Gasteiger charge is 2.12. The van der Waals surface area contributed by atoms with Crippen molar-refractivity contribution in [2.24, 2.45) is 0 Å². The third-order valence-corrected chi connectivity index (χ3v) is 2.77. The van der Waals surface area contributed by atoms with Crippen LogP contribution in [0.15, 0.2) is 35.4 Å². The molecule has 2 N–H and O–H groups in total. The zero-order valence-corrected chi connectivity index (χ0v) is 10.4. The van der Waals surface area contributed by atoms with Gasteiger partial charge in [0.1, 0.15) is 5.82 Å². The van der Waals surface area contributed by atoms with Gasteiger partial charge in [0.15, 0.2) is 0 Å². The molecular weight excluding hydrogens is 272 g/mol. The molecule has 0 unspecified atom stereocenters. The van der Waals surface area contributed by atoms with Crippen LogP contribution in [0.1, 0.15) is 5.69 Å². The van der Waals surface area contributed by atoms with Gasteiger partial charge in [-0.15, -0.1) is 0 Å². The number of aromatic nitrogens is 2. The molecule has 0 aliphatic heterocycles. The summed E-state index contributed by atoms with van der Waals surface area (Å²) in [6.07, 6.45) is 2.57. The Labute approximate surface area is 112 Å². The second kappa shape index (κ2) is 5.07. The van der Waals surface area contributed by atoms with Gasteiger partial charge >= 0.3 is 5.69 Å².